The number of carbonyl (C=O) groups is 2. The number of fused-ring (bicyclic) bond motifs is 1. The van der Waals surface area contributed by atoms with Crippen LogP contribution in [0, 0.1) is 5.92 Å². The molecule has 184 valence electrons. The van der Waals surface area contributed by atoms with Crippen molar-refractivity contribution in [2.24, 2.45) is 5.92 Å². The van der Waals surface area contributed by atoms with Gasteiger partial charge in [-0.25, -0.2) is 4.79 Å². The maximum Gasteiger partial charge on any atom is 0.343 e. The van der Waals surface area contributed by atoms with Gasteiger partial charge in [-0.05, 0) is 77.2 Å². The Balaban J connectivity index is 1.51. The van der Waals surface area contributed by atoms with Crippen molar-refractivity contribution in [1.82, 2.24) is 0 Å². The van der Waals surface area contributed by atoms with E-state index in [1.807, 2.05) is 74.5 Å². The standard InChI is InChI=1S/C32H32O4/c1-5-21(3)30(34)24-9-7-23-20-25(10-8-22(23)19-24)31(35)36-29-17-13-27(14-18-29)32(4,6-2)26-11-15-28(33)16-12-26/h7-21,33H,5-6H2,1-4H3. The average molecular weight is 481 g/mol. The summed E-state index contributed by atoms with van der Waals surface area (Å²) in [4.78, 5) is 25.4. The van der Waals surface area contributed by atoms with Crippen LogP contribution in [-0.4, -0.2) is 16.9 Å². The van der Waals surface area contributed by atoms with Gasteiger partial charge in [-0.3, -0.25) is 4.79 Å². The van der Waals surface area contributed by atoms with Crippen LogP contribution < -0.4 is 4.74 Å². The fourth-order valence-corrected chi connectivity index (χ4v) is 4.46. The van der Waals surface area contributed by atoms with Crippen molar-refractivity contribution in [3.8, 4) is 11.5 Å². The Morgan fingerprint density at radius 1 is 0.806 bits per heavy atom. The summed E-state index contributed by atoms with van der Waals surface area (Å²) < 4.78 is 5.65. The Bertz CT molecular complexity index is 1390. The number of ether oxygens (including phenoxy) is 1. The van der Waals surface area contributed by atoms with Gasteiger partial charge in [-0.15, -0.1) is 0 Å². The first-order valence-corrected chi connectivity index (χ1v) is 12.5. The molecule has 0 heterocycles. The van der Waals surface area contributed by atoms with E-state index in [1.54, 1.807) is 24.3 Å². The molecule has 4 heteroatoms. The smallest absolute Gasteiger partial charge is 0.343 e. The van der Waals surface area contributed by atoms with Crippen molar-refractivity contribution in [2.75, 3.05) is 0 Å². The van der Waals surface area contributed by atoms with Gasteiger partial charge >= 0.3 is 5.97 Å². The van der Waals surface area contributed by atoms with Crippen LogP contribution in [0.25, 0.3) is 10.8 Å². The Morgan fingerprint density at radius 2 is 1.33 bits per heavy atom. The second-order valence-electron chi connectivity index (χ2n) is 9.60. The predicted molar refractivity (Wildman–Crippen MR) is 144 cm³/mol. The molecule has 0 bridgehead atoms. The van der Waals surface area contributed by atoms with Crippen molar-refractivity contribution >= 4 is 22.5 Å². The summed E-state index contributed by atoms with van der Waals surface area (Å²) in [6.45, 7) is 8.24. The molecular weight excluding hydrogens is 448 g/mol. The first-order valence-electron chi connectivity index (χ1n) is 12.5. The third-order valence-electron chi connectivity index (χ3n) is 7.33. The second kappa shape index (κ2) is 10.4. The zero-order chi connectivity index (χ0) is 25.9. The number of hydrogen-bond donors (Lipinski definition) is 1. The number of carbonyl (C=O) groups excluding carboxylic acids is 2. The summed E-state index contributed by atoms with van der Waals surface area (Å²) in [5.74, 6) is 0.409. The molecule has 0 saturated carbocycles. The number of phenolic OH excluding ortho intramolecular Hbond substituents is 1. The second-order valence-corrected chi connectivity index (χ2v) is 9.60. The quantitative estimate of drug-likeness (QED) is 0.159. The molecule has 0 fully saturated rings. The lowest BCUT2D eigenvalue weighted by Crippen LogP contribution is -2.22. The van der Waals surface area contributed by atoms with Crippen LogP contribution in [0.15, 0.2) is 84.9 Å². The van der Waals surface area contributed by atoms with Gasteiger partial charge in [0, 0.05) is 16.9 Å². The largest absolute Gasteiger partial charge is 0.508 e. The third kappa shape index (κ3) is 5.03. The van der Waals surface area contributed by atoms with Crippen molar-refractivity contribution < 1.29 is 19.4 Å². The van der Waals surface area contributed by atoms with Gasteiger partial charge in [0.2, 0.25) is 0 Å². The van der Waals surface area contributed by atoms with E-state index in [0.29, 0.717) is 16.9 Å². The summed E-state index contributed by atoms with van der Waals surface area (Å²) in [6.07, 6.45) is 1.68. The number of aromatic hydroxyl groups is 1. The number of rotatable bonds is 8. The molecule has 0 aliphatic heterocycles. The lowest BCUT2D eigenvalue weighted by atomic mass is 9.74. The molecule has 2 unspecified atom stereocenters. The number of esters is 1. The predicted octanol–water partition coefficient (Wildman–Crippen LogP) is 7.71. The molecule has 2 atom stereocenters. The topological polar surface area (TPSA) is 63.6 Å². The number of benzene rings is 4. The van der Waals surface area contributed by atoms with E-state index in [4.69, 9.17) is 4.74 Å². The Labute approximate surface area is 212 Å². The van der Waals surface area contributed by atoms with E-state index in [-0.39, 0.29) is 22.9 Å². The van der Waals surface area contributed by atoms with Crippen molar-refractivity contribution in [3.05, 3.63) is 107 Å². The zero-order valence-electron chi connectivity index (χ0n) is 21.2. The first-order chi connectivity index (χ1) is 17.2. The van der Waals surface area contributed by atoms with Gasteiger partial charge in [0.25, 0.3) is 0 Å². The van der Waals surface area contributed by atoms with E-state index in [0.717, 1.165) is 34.7 Å². The molecule has 0 amide bonds. The van der Waals surface area contributed by atoms with Crippen molar-refractivity contribution in [1.29, 1.82) is 0 Å². The van der Waals surface area contributed by atoms with Gasteiger partial charge in [0.05, 0.1) is 5.56 Å². The Kier molecular flexibility index (Phi) is 7.25. The number of Topliss-reactive ketones (excluding diaryl/α,β-unsaturated/α-hetero) is 1. The fourth-order valence-electron chi connectivity index (χ4n) is 4.46. The summed E-state index contributed by atoms with van der Waals surface area (Å²) in [5, 5.41) is 11.4. The van der Waals surface area contributed by atoms with E-state index in [9.17, 15) is 14.7 Å². The summed E-state index contributed by atoms with van der Waals surface area (Å²) >= 11 is 0. The Morgan fingerprint density at radius 3 is 1.89 bits per heavy atom. The highest BCUT2D eigenvalue weighted by Crippen LogP contribution is 2.36. The molecule has 4 aromatic rings. The van der Waals surface area contributed by atoms with Gasteiger partial charge < -0.3 is 9.84 Å². The highest BCUT2D eigenvalue weighted by Gasteiger charge is 2.27. The van der Waals surface area contributed by atoms with Gasteiger partial charge in [-0.2, -0.15) is 0 Å². The maximum absolute atomic E-state index is 12.9. The minimum atomic E-state index is -0.429. The average Bonchev–Trinajstić information content (AvgIpc) is 2.91. The van der Waals surface area contributed by atoms with E-state index in [2.05, 4.69) is 13.8 Å². The van der Waals surface area contributed by atoms with Crippen LogP contribution in [0.4, 0.5) is 0 Å². The van der Waals surface area contributed by atoms with Crippen LogP contribution in [0.3, 0.4) is 0 Å². The van der Waals surface area contributed by atoms with Crippen LogP contribution in [0.2, 0.25) is 0 Å². The number of phenols is 1. The minimum Gasteiger partial charge on any atom is -0.508 e. The summed E-state index contributed by atoms with van der Waals surface area (Å²) in [7, 11) is 0. The van der Waals surface area contributed by atoms with Crippen LogP contribution in [-0.2, 0) is 5.41 Å². The lowest BCUT2D eigenvalue weighted by Gasteiger charge is -2.30. The van der Waals surface area contributed by atoms with Crippen molar-refractivity contribution in [3.63, 3.8) is 0 Å². The molecule has 1 N–H and O–H groups in total. The molecule has 4 rings (SSSR count). The fraction of sp³-hybridized carbons (Fsp3) is 0.250. The molecule has 4 nitrogen and oxygen atoms in total. The van der Waals surface area contributed by atoms with E-state index >= 15 is 0 Å². The van der Waals surface area contributed by atoms with Crippen LogP contribution in [0.1, 0.15) is 72.4 Å². The van der Waals surface area contributed by atoms with Crippen LogP contribution in [0.5, 0.6) is 11.5 Å². The lowest BCUT2D eigenvalue weighted by molar-refractivity contribution is 0.0734. The number of ketones is 1. The molecular formula is C32H32O4. The van der Waals surface area contributed by atoms with E-state index in [1.165, 1.54) is 0 Å². The molecule has 0 radical (unpaired) electrons. The monoisotopic (exact) mass is 480 g/mol. The van der Waals surface area contributed by atoms with Gasteiger partial charge in [0.15, 0.2) is 5.78 Å². The molecule has 0 aliphatic carbocycles. The summed E-state index contributed by atoms with van der Waals surface area (Å²) in [6, 6.07) is 25.8. The first kappa shape index (κ1) is 25.2. The summed E-state index contributed by atoms with van der Waals surface area (Å²) in [5.41, 5.74) is 3.12. The molecule has 0 spiro atoms. The Hall–Kier alpha value is -3.92. The SMILES string of the molecule is CCC(C)C(=O)c1ccc2cc(C(=O)Oc3ccc(C(C)(CC)c4ccc(O)cc4)cc3)ccc2c1. The molecule has 0 saturated heterocycles. The third-order valence-corrected chi connectivity index (χ3v) is 7.33. The highest BCUT2D eigenvalue weighted by atomic mass is 16.5. The number of hydrogen-bond acceptors (Lipinski definition) is 4. The van der Waals surface area contributed by atoms with Crippen LogP contribution >= 0.6 is 0 Å². The molecule has 0 aliphatic rings. The zero-order valence-corrected chi connectivity index (χ0v) is 21.2. The van der Waals surface area contributed by atoms with Crippen molar-refractivity contribution in [2.45, 2.75) is 46.0 Å². The maximum atomic E-state index is 12.9. The molecule has 4 aromatic carbocycles. The molecule has 0 aromatic heterocycles. The minimum absolute atomic E-state index is 0.0145. The normalized spacial score (nSPS) is 13.7. The highest BCUT2D eigenvalue weighted by molar-refractivity contribution is 6.02. The molecule has 36 heavy (non-hydrogen) atoms. The van der Waals surface area contributed by atoms with E-state index < -0.39 is 5.97 Å². The van der Waals surface area contributed by atoms with Gasteiger partial charge in [0.1, 0.15) is 11.5 Å². The van der Waals surface area contributed by atoms with Gasteiger partial charge in [-0.1, -0.05) is 70.2 Å².